The molecule has 1 N–H and O–H groups in total. The minimum Gasteiger partial charge on any atom is -0.454 e. The first-order valence-electron chi connectivity index (χ1n) is 8.82. The maximum absolute atomic E-state index is 12.7. The van der Waals surface area contributed by atoms with E-state index in [1.165, 1.54) is 0 Å². The van der Waals surface area contributed by atoms with Crippen LogP contribution < -0.4 is 14.8 Å². The molecule has 0 spiro atoms. The molecule has 2 heterocycles. The van der Waals surface area contributed by atoms with Gasteiger partial charge < -0.3 is 19.7 Å². The molecule has 1 saturated heterocycles. The number of carbonyl (C=O) groups is 3. The second-order valence-corrected chi connectivity index (χ2v) is 6.68. The Hall–Kier alpha value is -3.55. The highest BCUT2D eigenvalue weighted by atomic mass is 16.7. The lowest BCUT2D eigenvalue weighted by molar-refractivity contribution is -0.125. The van der Waals surface area contributed by atoms with Gasteiger partial charge in [-0.3, -0.25) is 14.5 Å². The van der Waals surface area contributed by atoms with Crippen LogP contribution in [0.3, 0.4) is 0 Å². The number of hydrogen-bond acceptors (Lipinski definition) is 5. The Kier molecular flexibility index (Phi) is 4.60. The Balaban J connectivity index is 1.40. The minimum atomic E-state index is -0.395. The number of rotatable bonds is 5. The van der Waals surface area contributed by atoms with Gasteiger partial charge in [0.25, 0.3) is 5.91 Å². The highest BCUT2D eigenvalue weighted by Crippen LogP contribution is 2.32. The van der Waals surface area contributed by atoms with Gasteiger partial charge in [0.05, 0.1) is 13.1 Å². The number of imide groups is 1. The van der Waals surface area contributed by atoms with Crippen molar-refractivity contribution >= 4 is 17.8 Å². The van der Waals surface area contributed by atoms with Crippen molar-refractivity contribution in [2.75, 3.05) is 20.4 Å². The van der Waals surface area contributed by atoms with Crippen LogP contribution in [0.2, 0.25) is 0 Å². The number of nitrogens with one attached hydrogen (secondary N) is 1. The monoisotopic (exact) mass is 381 g/mol. The summed E-state index contributed by atoms with van der Waals surface area (Å²) in [6.45, 7) is 0.858. The van der Waals surface area contributed by atoms with Gasteiger partial charge in [-0.25, -0.2) is 4.79 Å². The van der Waals surface area contributed by atoms with E-state index in [-0.39, 0.29) is 31.7 Å². The van der Waals surface area contributed by atoms with Gasteiger partial charge in [-0.05, 0) is 35.4 Å². The van der Waals surface area contributed by atoms with Gasteiger partial charge in [-0.1, -0.05) is 18.2 Å². The molecular weight excluding hydrogens is 362 g/mol. The molecule has 2 aliphatic heterocycles. The standard InChI is InChI=1S/C20H19N3O5/c1-22(10-14-4-7-16-17(8-14)28-12-27-16)19(25)15-5-2-13(3-6-15)11-23-18(24)9-21-20(23)26/h2-8H,9-12H2,1H3,(H,21,26). The van der Waals surface area contributed by atoms with Crippen molar-refractivity contribution in [3.63, 3.8) is 0 Å². The molecule has 8 heteroatoms. The van der Waals surface area contributed by atoms with Crippen molar-refractivity contribution in [2.45, 2.75) is 13.1 Å². The lowest BCUT2D eigenvalue weighted by Crippen LogP contribution is -2.30. The Morgan fingerprint density at radius 1 is 1.07 bits per heavy atom. The normalized spacial score (nSPS) is 15.0. The molecule has 0 radical (unpaired) electrons. The molecule has 0 aromatic heterocycles. The SMILES string of the molecule is CN(Cc1ccc2c(c1)OCO2)C(=O)c1ccc(CN2C(=O)CNC2=O)cc1. The van der Waals surface area contributed by atoms with Crippen molar-refractivity contribution in [3.8, 4) is 11.5 Å². The average molecular weight is 381 g/mol. The molecule has 1 fully saturated rings. The van der Waals surface area contributed by atoms with Gasteiger partial charge in [0.15, 0.2) is 11.5 Å². The first-order valence-corrected chi connectivity index (χ1v) is 8.82. The zero-order valence-corrected chi connectivity index (χ0v) is 15.3. The van der Waals surface area contributed by atoms with Crippen LogP contribution in [0.4, 0.5) is 4.79 Å². The fraction of sp³-hybridized carbons (Fsp3) is 0.250. The zero-order valence-electron chi connectivity index (χ0n) is 15.3. The fourth-order valence-corrected chi connectivity index (χ4v) is 3.16. The average Bonchev–Trinajstić information content (AvgIpc) is 3.29. The second-order valence-electron chi connectivity index (χ2n) is 6.68. The summed E-state index contributed by atoms with van der Waals surface area (Å²) >= 11 is 0. The maximum atomic E-state index is 12.7. The molecule has 8 nitrogen and oxygen atoms in total. The van der Waals surface area contributed by atoms with Gasteiger partial charge in [0.2, 0.25) is 12.7 Å². The van der Waals surface area contributed by atoms with E-state index in [2.05, 4.69) is 5.32 Å². The quantitative estimate of drug-likeness (QED) is 0.797. The Labute approximate surface area is 161 Å². The van der Waals surface area contributed by atoms with E-state index >= 15 is 0 Å². The lowest BCUT2D eigenvalue weighted by Gasteiger charge is -2.18. The number of urea groups is 1. The first kappa shape index (κ1) is 17.8. The van der Waals surface area contributed by atoms with Crippen LogP contribution in [0, 0.1) is 0 Å². The molecule has 0 unspecified atom stereocenters. The van der Waals surface area contributed by atoms with E-state index in [0.717, 1.165) is 16.0 Å². The van der Waals surface area contributed by atoms with E-state index in [9.17, 15) is 14.4 Å². The van der Waals surface area contributed by atoms with E-state index in [1.54, 1.807) is 36.2 Å². The van der Waals surface area contributed by atoms with Gasteiger partial charge in [0, 0.05) is 19.2 Å². The molecule has 0 saturated carbocycles. The predicted molar refractivity (Wildman–Crippen MR) is 98.8 cm³/mol. The summed E-state index contributed by atoms with van der Waals surface area (Å²) in [5.41, 5.74) is 2.25. The van der Waals surface area contributed by atoms with Gasteiger partial charge >= 0.3 is 6.03 Å². The largest absolute Gasteiger partial charge is 0.454 e. The second kappa shape index (κ2) is 7.22. The van der Waals surface area contributed by atoms with Crippen LogP contribution in [0.1, 0.15) is 21.5 Å². The summed E-state index contributed by atoms with van der Waals surface area (Å²) in [6, 6.07) is 12.1. The van der Waals surface area contributed by atoms with E-state index in [1.807, 2.05) is 18.2 Å². The lowest BCUT2D eigenvalue weighted by atomic mass is 10.1. The smallest absolute Gasteiger partial charge is 0.324 e. The first-order chi connectivity index (χ1) is 13.5. The molecule has 2 aromatic rings. The number of amides is 4. The summed E-state index contributed by atoms with van der Waals surface area (Å²) in [7, 11) is 1.73. The molecule has 144 valence electrons. The number of nitrogens with zero attached hydrogens (tertiary/aromatic N) is 2. The van der Waals surface area contributed by atoms with E-state index < -0.39 is 6.03 Å². The van der Waals surface area contributed by atoms with Crippen LogP contribution in [0.25, 0.3) is 0 Å². The Morgan fingerprint density at radius 2 is 1.79 bits per heavy atom. The van der Waals surface area contributed by atoms with Crippen molar-refractivity contribution < 1.29 is 23.9 Å². The van der Waals surface area contributed by atoms with Crippen LogP contribution >= 0.6 is 0 Å². The molecule has 0 aliphatic carbocycles. The molecular formula is C20H19N3O5. The third kappa shape index (κ3) is 3.48. The number of hydrogen-bond donors (Lipinski definition) is 1. The van der Waals surface area contributed by atoms with Crippen molar-refractivity contribution in [3.05, 3.63) is 59.2 Å². The molecule has 4 amide bonds. The number of fused-ring (bicyclic) bond motifs is 1. The van der Waals surface area contributed by atoms with Crippen LogP contribution in [0.15, 0.2) is 42.5 Å². The Bertz CT molecular complexity index is 925. The number of carbonyl (C=O) groups excluding carboxylic acids is 3. The summed E-state index contributed by atoms with van der Waals surface area (Å²) in [6.07, 6.45) is 0. The molecule has 0 atom stereocenters. The number of benzene rings is 2. The van der Waals surface area contributed by atoms with Gasteiger partial charge in [0.1, 0.15) is 0 Å². The highest BCUT2D eigenvalue weighted by Gasteiger charge is 2.28. The topological polar surface area (TPSA) is 88.2 Å². The third-order valence-corrected chi connectivity index (χ3v) is 4.68. The van der Waals surface area contributed by atoms with Gasteiger partial charge in [-0.15, -0.1) is 0 Å². The zero-order chi connectivity index (χ0) is 19.7. The summed E-state index contributed by atoms with van der Waals surface area (Å²) in [4.78, 5) is 38.7. The summed E-state index contributed by atoms with van der Waals surface area (Å²) in [5, 5.41) is 2.48. The molecule has 2 aliphatic rings. The van der Waals surface area contributed by atoms with Crippen LogP contribution in [0.5, 0.6) is 11.5 Å². The number of ether oxygens (including phenoxy) is 2. The van der Waals surface area contributed by atoms with Crippen LogP contribution in [-0.4, -0.2) is 48.0 Å². The molecule has 2 aromatic carbocycles. The van der Waals surface area contributed by atoms with Crippen molar-refractivity contribution in [1.29, 1.82) is 0 Å². The predicted octanol–water partition coefficient (Wildman–Crippen LogP) is 1.74. The Morgan fingerprint density at radius 3 is 2.50 bits per heavy atom. The van der Waals surface area contributed by atoms with Crippen molar-refractivity contribution in [2.24, 2.45) is 0 Å². The van der Waals surface area contributed by atoms with E-state index in [0.29, 0.717) is 23.6 Å². The van der Waals surface area contributed by atoms with Crippen molar-refractivity contribution in [1.82, 2.24) is 15.1 Å². The molecule has 4 rings (SSSR count). The fourth-order valence-electron chi connectivity index (χ4n) is 3.16. The third-order valence-electron chi connectivity index (χ3n) is 4.68. The maximum Gasteiger partial charge on any atom is 0.324 e. The molecule has 0 bridgehead atoms. The highest BCUT2D eigenvalue weighted by molar-refractivity contribution is 6.01. The summed E-state index contributed by atoms with van der Waals surface area (Å²) < 4.78 is 10.7. The van der Waals surface area contributed by atoms with E-state index in [4.69, 9.17) is 9.47 Å². The van der Waals surface area contributed by atoms with Crippen LogP contribution in [-0.2, 0) is 17.9 Å². The van der Waals surface area contributed by atoms with Gasteiger partial charge in [-0.2, -0.15) is 0 Å². The summed E-state index contributed by atoms with van der Waals surface area (Å²) in [5.74, 6) is 1.01. The molecule has 28 heavy (non-hydrogen) atoms. The minimum absolute atomic E-state index is 0.0278.